The van der Waals surface area contributed by atoms with Crippen LogP contribution in [0.5, 0.6) is 17.2 Å². The number of hydrogen-bond acceptors (Lipinski definition) is 7. The molecule has 1 fully saturated rings. The molecule has 1 amide bonds. The molecule has 1 aliphatic rings. The van der Waals surface area contributed by atoms with Crippen molar-refractivity contribution in [1.29, 1.82) is 0 Å². The second-order valence-corrected chi connectivity index (χ2v) is 8.42. The molecule has 0 unspecified atom stereocenters. The number of ether oxygens (including phenoxy) is 3. The number of methoxy groups -OCH3 is 2. The third kappa shape index (κ3) is 5.57. The quantitative estimate of drug-likeness (QED) is 0.520. The lowest BCUT2D eigenvalue weighted by Gasteiger charge is -2.34. The number of nitrogens with zero attached hydrogens (tertiary/aromatic N) is 3. The van der Waals surface area contributed by atoms with Gasteiger partial charge in [-0.1, -0.05) is 6.07 Å². The third-order valence-corrected chi connectivity index (χ3v) is 6.26. The van der Waals surface area contributed by atoms with Crippen molar-refractivity contribution in [2.75, 3.05) is 47.0 Å². The molecule has 0 atom stereocenters. The number of benzene rings is 2. The highest BCUT2D eigenvalue weighted by Crippen LogP contribution is 2.25. The zero-order valence-corrected chi connectivity index (χ0v) is 19.1. The van der Waals surface area contributed by atoms with Gasteiger partial charge >= 0.3 is 0 Å². The van der Waals surface area contributed by atoms with Gasteiger partial charge in [-0.05, 0) is 36.4 Å². The summed E-state index contributed by atoms with van der Waals surface area (Å²) < 4.78 is 16.0. The third-order valence-electron chi connectivity index (χ3n) is 5.42. The summed E-state index contributed by atoms with van der Waals surface area (Å²) in [5, 5.41) is 3.17. The number of rotatable bonds is 8. The maximum absolute atomic E-state index is 12.5. The highest BCUT2D eigenvalue weighted by atomic mass is 32.1. The lowest BCUT2D eigenvalue weighted by Crippen LogP contribution is -2.49. The Kier molecular flexibility index (Phi) is 7.24. The summed E-state index contributed by atoms with van der Waals surface area (Å²) in [6, 6.07) is 15.2. The fourth-order valence-electron chi connectivity index (χ4n) is 3.55. The first-order valence-corrected chi connectivity index (χ1v) is 11.4. The molecule has 8 heteroatoms. The van der Waals surface area contributed by atoms with Crippen LogP contribution in [0.3, 0.4) is 0 Å². The van der Waals surface area contributed by atoms with Crippen molar-refractivity contribution in [3.8, 4) is 28.5 Å². The summed E-state index contributed by atoms with van der Waals surface area (Å²) in [6.45, 7) is 3.85. The van der Waals surface area contributed by atoms with E-state index in [0.717, 1.165) is 41.6 Å². The molecule has 2 aromatic carbocycles. The molecule has 0 radical (unpaired) electrons. The van der Waals surface area contributed by atoms with Crippen LogP contribution in [0, 0.1) is 0 Å². The molecule has 0 bridgehead atoms. The van der Waals surface area contributed by atoms with Crippen molar-refractivity contribution in [2.24, 2.45) is 0 Å². The van der Waals surface area contributed by atoms with Crippen molar-refractivity contribution >= 4 is 17.2 Å². The van der Waals surface area contributed by atoms with E-state index in [1.54, 1.807) is 31.6 Å². The second kappa shape index (κ2) is 10.5. The summed E-state index contributed by atoms with van der Waals surface area (Å²) in [5.74, 6) is 2.18. The van der Waals surface area contributed by atoms with E-state index in [9.17, 15) is 4.79 Å². The molecule has 1 aliphatic heterocycles. The van der Waals surface area contributed by atoms with E-state index in [1.807, 2.05) is 47.4 Å². The van der Waals surface area contributed by atoms with E-state index in [2.05, 4.69) is 10.3 Å². The maximum Gasteiger partial charge on any atom is 0.260 e. The molecule has 0 saturated carbocycles. The van der Waals surface area contributed by atoms with Gasteiger partial charge in [0.2, 0.25) is 0 Å². The van der Waals surface area contributed by atoms with E-state index in [-0.39, 0.29) is 12.5 Å². The Balaban J connectivity index is 1.24. The molecule has 0 spiro atoms. The average molecular weight is 454 g/mol. The monoisotopic (exact) mass is 453 g/mol. The predicted molar refractivity (Wildman–Crippen MR) is 124 cm³/mol. The van der Waals surface area contributed by atoms with Crippen LogP contribution >= 0.6 is 11.3 Å². The topological polar surface area (TPSA) is 64.1 Å². The Morgan fingerprint density at radius 1 is 0.969 bits per heavy atom. The van der Waals surface area contributed by atoms with E-state index in [1.165, 1.54) is 0 Å². The van der Waals surface area contributed by atoms with Crippen molar-refractivity contribution in [1.82, 2.24) is 14.8 Å². The zero-order chi connectivity index (χ0) is 22.3. The van der Waals surface area contributed by atoms with Crippen LogP contribution in [-0.4, -0.2) is 67.7 Å². The average Bonchev–Trinajstić information content (AvgIpc) is 3.31. The molecule has 3 aromatic rings. The minimum Gasteiger partial charge on any atom is -0.497 e. The van der Waals surface area contributed by atoms with Crippen LogP contribution in [0.25, 0.3) is 11.3 Å². The Morgan fingerprint density at radius 2 is 1.69 bits per heavy atom. The number of hydrogen-bond donors (Lipinski definition) is 0. The van der Waals surface area contributed by atoms with Crippen molar-refractivity contribution in [3.63, 3.8) is 0 Å². The van der Waals surface area contributed by atoms with Gasteiger partial charge in [-0.3, -0.25) is 9.69 Å². The fourth-order valence-corrected chi connectivity index (χ4v) is 4.40. The molecule has 0 aliphatic carbocycles. The van der Waals surface area contributed by atoms with E-state index < -0.39 is 0 Å². The molecule has 1 saturated heterocycles. The SMILES string of the molecule is COc1ccc(-c2csc(CN3CCN(C(=O)COc4cccc(OC)c4)CC3)n2)cc1. The van der Waals surface area contributed by atoms with Crippen LogP contribution in [0.15, 0.2) is 53.9 Å². The Bertz CT molecular complexity index is 1030. The number of carbonyl (C=O) groups is 1. The van der Waals surface area contributed by atoms with Crippen molar-refractivity contribution in [3.05, 3.63) is 58.9 Å². The lowest BCUT2D eigenvalue weighted by molar-refractivity contribution is -0.135. The first-order chi connectivity index (χ1) is 15.6. The molecule has 7 nitrogen and oxygen atoms in total. The molecule has 2 heterocycles. The molecular weight excluding hydrogens is 426 g/mol. The summed E-state index contributed by atoms with van der Waals surface area (Å²) in [4.78, 5) is 21.5. The lowest BCUT2D eigenvalue weighted by atomic mass is 10.2. The second-order valence-electron chi connectivity index (χ2n) is 7.48. The summed E-state index contributed by atoms with van der Waals surface area (Å²) >= 11 is 1.67. The Morgan fingerprint density at radius 3 is 2.41 bits per heavy atom. The molecule has 0 N–H and O–H groups in total. The fraction of sp³-hybridized carbons (Fsp3) is 0.333. The molecular formula is C24H27N3O4S. The van der Waals surface area contributed by atoms with Crippen molar-refractivity contribution < 1.29 is 19.0 Å². The number of piperazine rings is 1. The van der Waals surface area contributed by atoms with Gasteiger partial charge in [0, 0.05) is 43.2 Å². The first-order valence-electron chi connectivity index (χ1n) is 10.5. The van der Waals surface area contributed by atoms with Crippen LogP contribution in [-0.2, 0) is 11.3 Å². The number of aromatic nitrogens is 1. The van der Waals surface area contributed by atoms with Gasteiger partial charge in [0.1, 0.15) is 22.3 Å². The van der Waals surface area contributed by atoms with Gasteiger partial charge in [0.05, 0.1) is 26.5 Å². The normalized spacial score (nSPS) is 14.2. The predicted octanol–water partition coefficient (Wildman–Crippen LogP) is 3.55. The van der Waals surface area contributed by atoms with Crippen LogP contribution in [0.2, 0.25) is 0 Å². The minimum atomic E-state index is 0.00325. The molecule has 32 heavy (non-hydrogen) atoms. The largest absolute Gasteiger partial charge is 0.497 e. The van der Waals surface area contributed by atoms with E-state index in [4.69, 9.17) is 19.2 Å². The summed E-state index contributed by atoms with van der Waals surface area (Å²) in [6.07, 6.45) is 0. The maximum atomic E-state index is 12.5. The minimum absolute atomic E-state index is 0.00325. The molecule has 1 aromatic heterocycles. The van der Waals surface area contributed by atoms with Gasteiger partial charge in [0.15, 0.2) is 6.61 Å². The standard InChI is InChI=1S/C24H27N3O4S/c1-29-19-8-6-18(7-9-19)22-17-32-23(25-22)15-26-10-12-27(13-11-26)24(28)16-31-21-5-3-4-20(14-21)30-2/h3-9,14,17H,10-13,15-16H2,1-2H3. The van der Waals surface area contributed by atoms with Crippen LogP contribution in [0.4, 0.5) is 0 Å². The van der Waals surface area contributed by atoms with Gasteiger partial charge in [-0.25, -0.2) is 4.98 Å². The summed E-state index contributed by atoms with van der Waals surface area (Å²) in [5.41, 5.74) is 2.07. The Hall–Kier alpha value is -3.10. The van der Waals surface area contributed by atoms with Gasteiger partial charge < -0.3 is 19.1 Å². The number of amides is 1. The zero-order valence-electron chi connectivity index (χ0n) is 18.3. The molecule has 168 valence electrons. The van der Waals surface area contributed by atoms with Gasteiger partial charge in [0.25, 0.3) is 5.91 Å². The van der Waals surface area contributed by atoms with Crippen molar-refractivity contribution in [2.45, 2.75) is 6.54 Å². The van der Waals surface area contributed by atoms with Gasteiger partial charge in [-0.2, -0.15) is 0 Å². The van der Waals surface area contributed by atoms with Crippen LogP contribution in [0.1, 0.15) is 5.01 Å². The number of thiazole rings is 1. The van der Waals surface area contributed by atoms with Gasteiger partial charge in [-0.15, -0.1) is 11.3 Å². The van der Waals surface area contributed by atoms with E-state index >= 15 is 0 Å². The van der Waals surface area contributed by atoms with Crippen LogP contribution < -0.4 is 14.2 Å². The highest BCUT2D eigenvalue weighted by molar-refractivity contribution is 7.09. The van der Waals surface area contributed by atoms with E-state index in [0.29, 0.717) is 24.6 Å². The first kappa shape index (κ1) is 22.1. The smallest absolute Gasteiger partial charge is 0.260 e. The number of carbonyl (C=O) groups excluding carboxylic acids is 1. The summed E-state index contributed by atoms with van der Waals surface area (Å²) in [7, 11) is 3.27. The Labute approximate surface area is 192 Å². The highest BCUT2D eigenvalue weighted by Gasteiger charge is 2.22. The molecule has 4 rings (SSSR count).